The van der Waals surface area contributed by atoms with Crippen LogP contribution in [0.1, 0.15) is 18.9 Å². The zero-order valence-corrected chi connectivity index (χ0v) is 9.20. The van der Waals surface area contributed by atoms with Gasteiger partial charge in [-0.1, -0.05) is 6.92 Å². The molecule has 16 heavy (non-hydrogen) atoms. The van der Waals surface area contributed by atoms with Gasteiger partial charge in [-0.15, -0.1) is 0 Å². The lowest BCUT2D eigenvalue weighted by atomic mass is 10.2. The Kier molecular flexibility index (Phi) is 5.30. The molecular formula is C12H14FNO2. The van der Waals surface area contributed by atoms with Crippen LogP contribution in [0.3, 0.4) is 0 Å². The van der Waals surface area contributed by atoms with Gasteiger partial charge < -0.3 is 9.47 Å². The Morgan fingerprint density at radius 2 is 2.12 bits per heavy atom. The molecule has 0 heterocycles. The zero-order valence-electron chi connectivity index (χ0n) is 9.20. The molecule has 0 radical (unpaired) electrons. The number of hydrogen-bond donors (Lipinski definition) is 0. The second kappa shape index (κ2) is 6.81. The summed E-state index contributed by atoms with van der Waals surface area (Å²) in [6, 6.07) is 5.93. The fraction of sp³-hybridized carbons (Fsp3) is 0.417. The summed E-state index contributed by atoms with van der Waals surface area (Å²) < 4.78 is 23.6. The van der Waals surface area contributed by atoms with Gasteiger partial charge in [-0.05, 0) is 18.6 Å². The maximum absolute atomic E-state index is 13.1. The van der Waals surface area contributed by atoms with Crippen LogP contribution in [0.4, 0.5) is 4.39 Å². The number of rotatable bonds is 6. The predicted octanol–water partition coefficient (Wildman–Crippen LogP) is 2.50. The second-order valence-corrected chi connectivity index (χ2v) is 3.21. The van der Waals surface area contributed by atoms with Crippen molar-refractivity contribution in [2.75, 3.05) is 19.8 Å². The van der Waals surface area contributed by atoms with Crippen LogP contribution in [0, 0.1) is 17.1 Å². The Labute approximate surface area is 94.4 Å². The molecule has 0 atom stereocenters. The first-order valence-corrected chi connectivity index (χ1v) is 5.18. The summed E-state index contributed by atoms with van der Waals surface area (Å²) >= 11 is 0. The van der Waals surface area contributed by atoms with Crippen LogP contribution in [-0.2, 0) is 4.74 Å². The number of ether oxygens (including phenoxy) is 2. The van der Waals surface area contributed by atoms with Gasteiger partial charge in [0.05, 0.1) is 12.2 Å². The monoisotopic (exact) mass is 223 g/mol. The summed E-state index contributed by atoms with van der Waals surface area (Å²) in [5.41, 5.74) is 0.0228. The van der Waals surface area contributed by atoms with E-state index in [-0.39, 0.29) is 5.56 Å². The summed E-state index contributed by atoms with van der Waals surface area (Å²) in [6.45, 7) is 3.59. The Bertz CT molecular complexity index is 374. The minimum Gasteiger partial charge on any atom is -0.491 e. The number of benzene rings is 1. The Morgan fingerprint density at radius 1 is 1.31 bits per heavy atom. The lowest BCUT2D eigenvalue weighted by molar-refractivity contribution is 0.100. The molecule has 1 rings (SSSR count). The molecule has 0 saturated heterocycles. The third-order valence-electron chi connectivity index (χ3n) is 1.91. The molecule has 0 bridgehead atoms. The topological polar surface area (TPSA) is 42.2 Å². The van der Waals surface area contributed by atoms with Gasteiger partial charge in [0.25, 0.3) is 0 Å². The van der Waals surface area contributed by atoms with E-state index < -0.39 is 5.82 Å². The smallest absolute Gasteiger partial charge is 0.144 e. The summed E-state index contributed by atoms with van der Waals surface area (Å²) in [6.07, 6.45) is 0.964. The van der Waals surface area contributed by atoms with Gasteiger partial charge in [-0.25, -0.2) is 4.39 Å². The van der Waals surface area contributed by atoms with Crippen molar-refractivity contribution in [2.45, 2.75) is 13.3 Å². The van der Waals surface area contributed by atoms with Crippen LogP contribution in [0.15, 0.2) is 18.2 Å². The van der Waals surface area contributed by atoms with E-state index in [0.29, 0.717) is 25.6 Å². The maximum Gasteiger partial charge on any atom is 0.144 e. The molecule has 0 aromatic heterocycles. The largest absolute Gasteiger partial charge is 0.491 e. The Hall–Kier alpha value is -1.60. The number of nitriles is 1. The van der Waals surface area contributed by atoms with Crippen LogP contribution in [0.2, 0.25) is 0 Å². The molecule has 0 amide bonds. The van der Waals surface area contributed by atoms with Gasteiger partial charge >= 0.3 is 0 Å². The molecule has 3 nitrogen and oxygen atoms in total. The summed E-state index contributed by atoms with van der Waals surface area (Å²) in [7, 11) is 0. The van der Waals surface area contributed by atoms with Gasteiger partial charge in [-0.3, -0.25) is 0 Å². The van der Waals surface area contributed by atoms with E-state index in [0.717, 1.165) is 6.42 Å². The molecule has 0 N–H and O–H groups in total. The fourth-order valence-electron chi connectivity index (χ4n) is 1.14. The predicted molar refractivity (Wildman–Crippen MR) is 57.7 cm³/mol. The van der Waals surface area contributed by atoms with E-state index in [2.05, 4.69) is 0 Å². The van der Waals surface area contributed by atoms with E-state index in [9.17, 15) is 4.39 Å². The van der Waals surface area contributed by atoms with E-state index in [1.54, 1.807) is 12.1 Å². The fourth-order valence-corrected chi connectivity index (χ4v) is 1.14. The molecule has 1 aromatic rings. The van der Waals surface area contributed by atoms with Crippen molar-refractivity contribution in [3.8, 4) is 11.8 Å². The standard InChI is InChI=1S/C12H14FNO2/c1-2-5-15-6-7-16-11-4-3-10(9-14)12(13)8-11/h3-4,8H,2,5-7H2,1H3. The van der Waals surface area contributed by atoms with Gasteiger partial charge in [0.2, 0.25) is 0 Å². The van der Waals surface area contributed by atoms with Gasteiger partial charge in [0, 0.05) is 12.7 Å². The van der Waals surface area contributed by atoms with Crippen LogP contribution < -0.4 is 4.74 Å². The normalized spacial score (nSPS) is 9.81. The van der Waals surface area contributed by atoms with Crippen molar-refractivity contribution in [1.29, 1.82) is 5.26 Å². The molecule has 0 aliphatic rings. The summed E-state index contributed by atoms with van der Waals surface area (Å²) in [5, 5.41) is 8.53. The van der Waals surface area contributed by atoms with E-state index >= 15 is 0 Å². The lowest BCUT2D eigenvalue weighted by Gasteiger charge is -2.06. The minimum atomic E-state index is -0.561. The first-order valence-electron chi connectivity index (χ1n) is 5.18. The molecule has 0 fully saturated rings. The second-order valence-electron chi connectivity index (χ2n) is 3.21. The molecule has 0 aliphatic heterocycles. The zero-order chi connectivity index (χ0) is 11.8. The molecular weight excluding hydrogens is 209 g/mol. The molecule has 0 spiro atoms. The van der Waals surface area contributed by atoms with Crippen molar-refractivity contribution < 1.29 is 13.9 Å². The number of halogens is 1. The number of hydrogen-bond acceptors (Lipinski definition) is 3. The molecule has 86 valence electrons. The average Bonchev–Trinajstić information content (AvgIpc) is 2.29. The molecule has 0 aliphatic carbocycles. The van der Waals surface area contributed by atoms with Gasteiger partial charge in [0.15, 0.2) is 0 Å². The lowest BCUT2D eigenvalue weighted by Crippen LogP contribution is -2.07. The summed E-state index contributed by atoms with van der Waals surface area (Å²) in [5.74, 6) is -0.147. The highest BCUT2D eigenvalue weighted by Crippen LogP contribution is 2.15. The minimum absolute atomic E-state index is 0.0228. The molecule has 0 saturated carbocycles. The van der Waals surface area contributed by atoms with Gasteiger partial charge in [-0.2, -0.15) is 5.26 Å². The molecule has 1 aromatic carbocycles. The maximum atomic E-state index is 13.1. The Balaban J connectivity index is 2.38. The Morgan fingerprint density at radius 3 is 2.75 bits per heavy atom. The first-order chi connectivity index (χ1) is 7.77. The van der Waals surface area contributed by atoms with Gasteiger partial charge in [0.1, 0.15) is 24.2 Å². The quantitative estimate of drug-likeness (QED) is 0.696. The van der Waals surface area contributed by atoms with Crippen molar-refractivity contribution in [3.63, 3.8) is 0 Å². The SMILES string of the molecule is CCCOCCOc1ccc(C#N)c(F)c1. The van der Waals surface area contributed by atoms with Crippen molar-refractivity contribution in [3.05, 3.63) is 29.6 Å². The van der Waals surface area contributed by atoms with Crippen molar-refractivity contribution in [2.24, 2.45) is 0 Å². The van der Waals surface area contributed by atoms with Crippen LogP contribution >= 0.6 is 0 Å². The van der Waals surface area contributed by atoms with E-state index in [1.165, 1.54) is 12.1 Å². The third kappa shape index (κ3) is 3.87. The molecule has 4 heteroatoms. The van der Waals surface area contributed by atoms with E-state index in [4.69, 9.17) is 14.7 Å². The highest BCUT2D eigenvalue weighted by atomic mass is 19.1. The van der Waals surface area contributed by atoms with Crippen LogP contribution in [0.25, 0.3) is 0 Å². The average molecular weight is 223 g/mol. The van der Waals surface area contributed by atoms with Crippen LogP contribution in [-0.4, -0.2) is 19.8 Å². The highest BCUT2D eigenvalue weighted by Gasteiger charge is 2.02. The van der Waals surface area contributed by atoms with E-state index in [1.807, 2.05) is 6.92 Å². The first kappa shape index (κ1) is 12.5. The van der Waals surface area contributed by atoms with Crippen molar-refractivity contribution >= 4 is 0 Å². The van der Waals surface area contributed by atoms with Crippen molar-refractivity contribution in [1.82, 2.24) is 0 Å². The summed E-state index contributed by atoms with van der Waals surface area (Å²) in [4.78, 5) is 0. The van der Waals surface area contributed by atoms with Crippen LogP contribution in [0.5, 0.6) is 5.75 Å². The molecule has 0 unspecified atom stereocenters. The third-order valence-corrected chi connectivity index (χ3v) is 1.91. The number of nitrogens with zero attached hydrogens (tertiary/aromatic N) is 1. The highest BCUT2D eigenvalue weighted by molar-refractivity contribution is 5.36.